The Kier molecular flexibility index (Phi) is 4.14. The van der Waals surface area contributed by atoms with Crippen LogP contribution in [0.15, 0.2) is 31.4 Å². The number of rotatable bonds is 5. The van der Waals surface area contributed by atoms with Gasteiger partial charge in [0.2, 0.25) is 0 Å². The molecule has 0 heterocycles. The Morgan fingerprint density at radius 2 is 2.00 bits per heavy atom. The van der Waals surface area contributed by atoms with Gasteiger partial charge in [-0.3, -0.25) is 0 Å². The molecule has 0 aromatic heterocycles. The molecule has 0 spiro atoms. The van der Waals surface area contributed by atoms with E-state index in [0.717, 1.165) is 24.9 Å². The molecular formula is C13H17N. The second-order valence-electron chi connectivity index (χ2n) is 3.22. The lowest BCUT2D eigenvalue weighted by Gasteiger charge is -2.08. The van der Waals surface area contributed by atoms with E-state index in [2.05, 4.69) is 31.4 Å². The number of hydrogen-bond acceptors (Lipinski definition) is 1. The zero-order chi connectivity index (χ0) is 10.4. The average molecular weight is 187 g/mol. The summed E-state index contributed by atoms with van der Waals surface area (Å²) >= 11 is 0. The van der Waals surface area contributed by atoms with Gasteiger partial charge in [-0.1, -0.05) is 43.5 Å². The molecule has 74 valence electrons. The summed E-state index contributed by atoms with van der Waals surface area (Å²) in [5.74, 6) is 0. The van der Waals surface area contributed by atoms with E-state index in [0.29, 0.717) is 0 Å². The van der Waals surface area contributed by atoms with E-state index in [4.69, 9.17) is 5.73 Å². The molecule has 0 atom stereocenters. The van der Waals surface area contributed by atoms with Crippen molar-refractivity contribution in [2.75, 3.05) is 6.54 Å². The molecule has 0 aliphatic carbocycles. The Hall–Kier alpha value is -1.34. The third-order valence-corrected chi connectivity index (χ3v) is 2.30. The van der Waals surface area contributed by atoms with Gasteiger partial charge >= 0.3 is 0 Å². The van der Waals surface area contributed by atoms with Crippen LogP contribution in [0.4, 0.5) is 0 Å². The van der Waals surface area contributed by atoms with Gasteiger partial charge in [-0.25, -0.2) is 0 Å². The van der Waals surface area contributed by atoms with Gasteiger partial charge in [-0.2, -0.15) is 0 Å². The third kappa shape index (κ3) is 2.33. The van der Waals surface area contributed by atoms with Gasteiger partial charge in [0.25, 0.3) is 0 Å². The Bertz CT molecular complexity index is 326. The Labute approximate surface area is 85.9 Å². The molecule has 2 N–H and O–H groups in total. The van der Waals surface area contributed by atoms with E-state index in [1.807, 2.05) is 12.2 Å². The van der Waals surface area contributed by atoms with E-state index >= 15 is 0 Å². The van der Waals surface area contributed by atoms with Gasteiger partial charge < -0.3 is 5.73 Å². The van der Waals surface area contributed by atoms with Crippen molar-refractivity contribution in [2.24, 2.45) is 5.73 Å². The predicted octanol–water partition coefficient (Wildman–Crippen LogP) is 2.86. The standard InChI is InChI=1S/C13H17N/c1-3-11-7-5-8-12(9-6-10-14)13(11)4-2/h3-5,7-8H,1-2,6,9-10,14H2. The lowest BCUT2D eigenvalue weighted by atomic mass is 9.98. The molecule has 0 aliphatic rings. The van der Waals surface area contributed by atoms with Gasteiger partial charge in [-0.05, 0) is 36.1 Å². The molecule has 0 radical (unpaired) electrons. The van der Waals surface area contributed by atoms with E-state index in [9.17, 15) is 0 Å². The van der Waals surface area contributed by atoms with Crippen LogP contribution in [0.25, 0.3) is 12.2 Å². The average Bonchev–Trinajstić information content (AvgIpc) is 2.25. The number of aryl methyl sites for hydroxylation is 1. The normalized spacial score (nSPS) is 9.79. The smallest absolute Gasteiger partial charge is 0.00741 e. The van der Waals surface area contributed by atoms with Crippen LogP contribution in [0.1, 0.15) is 23.1 Å². The Balaban J connectivity index is 3.02. The lowest BCUT2D eigenvalue weighted by molar-refractivity contribution is 0.831. The minimum atomic E-state index is 0.731. The number of benzene rings is 1. The van der Waals surface area contributed by atoms with Crippen molar-refractivity contribution >= 4 is 12.2 Å². The highest BCUT2D eigenvalue weighted by molar-refractivity contribution is 5.66. The maximum absolute atomic E-state index is 5.49. The molecule has 0 saturated carbocycles. The van der Waals surface area contributed by atoms with Crippen LogP contribution in [0.2, 0.25) is 0 Å². The van der Waals surface area contributed by atoms with Crippen molar-refractivity contribution in [3.05, 3.63) is 48.0 Å². The van der Waals surface area contributed by atoms with Gasteiger partial charge in [0.1, 0.15) is 0 Å². The van der Waals surface area contributed by atoms with Crippen molar-refractivity contribution in [3.63, 3.8) is 0 Å². The first-order valence-corrected chi connectivity index (χ1v) is 4.90. The van der Waals surface area contributed by atoms with Gasteiger partial charge in [-0.15, -0.1) is 0 Å². The number of hydrogen-bond donors (Lipinski definition) is 1. The number of nitrogens with two attached hydrogens (primary N) is 1. The van der Waals surface area contributed by atoms with Crippen molar-refractivity contribution < 1.29 is 0 Å². The molecule has 0 fully saturated rings. The van der Waals surface area contributed by atoms with Crippen LogP contribution in [-0.4, -0.2) is 6.54 Å². The maximum atomic E-state index is 5.49. The molecule has 14 heavy (non-hydrogen) atoms. The molecular weight excluding hydrogens is 170 g/mol. The molecule has 0 aliphatic heterocycles. The minimum Gasteiger partial charge on any atom is -0.330 e. The van der Waals surface area contributed by atoms with Crippen molar-refractivity contribution in [1.29, 1.82) is 0 Å². The fourth-order valence-corrected chi connectivity index (χ4v) is 1.57. The lowest BCUT2D eigenvalue weighted by Crippen LogP contribution is -2.01. The van der Waals surface area contributed by atoms with Crippen LogP contribution in [0, 0.1) is 0 Å². The summed E-state index contributed by atoms with van der Waals surface area (Å²) in [5.41, 5.74) is 9.14. The topological polar surface area (TPSA) is 26.0 Å². The van der Waals surface area contributed by atoms with E-state index in [1.165, 1.54) is 11.1 Å². The zero-order valence-corrected chi connectivity index (χ0v) is 8.50. The second-order valence-corrected chi connectivity index (χ2v) is 3.22. The fourth-order valence-electron chi connectivity index (χ4n) is 1.57. The molecule has 1 rings (SSSR count). The van der Waals surface area contributed by atoms with Crippen LogP contribution >= 0.6 is 0 Å². The van der Waals surface area contributed by atoms with Crippen LogP contribution in [-0.2, 0) is 6.42 Å². The first-order valence-electron chi connectivity index (χ1n) is 4.90. The summed E-state index contributed by atoms with van der Waals surface area (Å²) in [6, 6.07) is 6.23. The monoisotopic (exact) mass is 187 g/mol. The van der Waals surface area contributed by atoms with E-state index in [1.54, 1.807) is 0 Å². The molecule has 1 aromatic rings. The quantitative estimate of drug-likeness (QED) is 0.753. The van der Waals surface area contributed by atoms with E-state index in [-0.39, 0.29) is 0 Å². The van der Waals surface area contributed by atoms with Crippen LogP contribution < -0.4 is 5.73 Å². The first kappa shape index (κ1) is 10.7. The summed E-state index contributed by atoms with van der Waals surface area (Å²) in [5, 5.41) is 0. The summed E-state index contributed by atoms with van der Waals surface area (Å²) < 4.78 is 0. The van der Waals surface area contributed by atoms with Gasteiger partial charge in [0.05, 0.1) is 0 Å². The van der Waals surface area contributed by atoms with Gasteiger partial charge in [0, 0.05) is 0 Å². The molecule has 1 heteroatoms. The molecule has 0 bridgehead atoms. The summed E-state index contributed by atoms with van der Waals surface area (Å²) in [4.78, 5) is 0. The highest BCUT2D eigenvalue weighted by atomic mass is 14.5. The SMILES string of the molecule is C=Cc1cccc(CCCN)c1C=C. The molecule has 0 amide bonds. The highest BCUT2D eigenvalue weighted by Gasteiger charge is 2.01. The fraction of sp³-hybridized carbons (Fsp3) is 0.231. The van der Waals surface area contributed by atoms with Gasteiger partial charge in [0.15, 0.2) is 0 Å². The molecule has 0 saturated heterocycles. The summed E-state index contributed by atoms with van der Waals surface area (Å²) in [7, 11) is 0. The maximum Gasteiger partial charge on any atom is -0.00741 e. The summed E-state index contributed by atoms with van der Waals surface area (Å²) in [6.07, 6.45) is 5.78. The zero-order valence-electron chi connectivity index (χ0n) is 8.50. The largest absolute Gasteiger partial charge is 0.330 e. The minimum absolute atomic E-state index is 0.731. The van der Waals surface area contributed by atoms with Crippen molar-refractivity contribution in [3.8, 4) is 0 Å². The van der Waals surface area contributed by atoms with Crippen LogP contribution in [0.5, 0.6) is 0 Å². The summed E-state index contributed by atoms with van der Waals surface area (Å²) in [6.45, 7) is 8.35. The highest BCUT2D eigenvalue weighted by Crippen LogP contribution is 2.18. The van der Waals surface area contributed by atoms with Crippen LogP contribution in [0.3, 0.4) is 0 Å². The van der Waals surface area contributed by atoms with Crippen molar-refractivity contribution in [2.45, 2.75) is 12.8 Å². The molecule has 0 unspecified atom stereocenters. The molecule has 1 nitrogen and oxygen atoms in total. The van der Waals surface area contributed by atoms with Crippen molar-refractivity contribution in [1.82, 2.24) is 0 Å². The predicted molar refractivity (Wildman–Crippen MR) is 64.0 cm³/mol. The Morgan fingerprint density at radius 3 is 2.57 bits per heavy atom. The molecule has 1 aromatic carbocycles. The Morgan fingerprint density at radius 1 is 1.21 bits per heavy atom. The first-order chi connectivity index (χ1) is 6.83. The second kappa shape index (κ2) is 5.40. The third-order valence-electron chi connectivity index (χ3n) is 2.30. The van der Waals surface area contributed by atoms with E-state index < -0.39 is 0 Å².